The van der Waals surface area contributed by atoms with E-state index in [0.717, 1.165) is 24.0 Å². The molecule has 0 spiro atoms. The van der Waals surface area contributed by atoms with Crippen molar-refractivity contribution in [1.82, 2.24) is 26.6 Å². The van der Waals surface area contributed by atoms with Crippen molar-refractivity contribution in [3.05, 3.63) is 106 Å². The van der Waals surface area contributed by atoms with Crippen molar-refractivity contribution in [2.24, 2.45) is 0 Å². The summed E-state index contributed by atoms with van der Waals surface area (Å²) in [5, 5.41) is 15.0. The summed E-state index contributed by atoms with van der Waals surface area (Å²) in [5.41, 5.74) is 4.22. The van der Waals surface area contributed by atoms with Gasteiger partial charge in [-0.3, -0.25) is 24.0 Å². The van der Waals surface area contributed by atoms with Crippen molar-refractivity contribution in [3.63, 3.8) is 0 Å². The van der Waals surface area contributed by atoms with E-state index < -0.39 is 36.2 Å². The Morgan fingerprint density at radius 3 is 2.20 bits per heavy atom. The lowest BCUT2D eigenvalue weighted by Gasteiger charge is -2.22. The summed E-state index contributed by atoms with van der Waals surface area (Å²) in [6.07, 6.45) is 3.60. The first-order valence-corrected chi connectivity index (χ1v) is 18.2. The molecule has 11 nitrogen and oxygen atoms in total. The third-order valence-electron chi connectivity index (χ3n) is 7.74. The number of ether oxygens (including phenoxy) is 1. The highest BCUT2D eigenvalue weighted by Gasteiger charge is 2.23. The number of carbonyl (C=O) groups is 5. The Morgan fingerprint density at radius 2 is 1.50 bits per heavy atom. The van der Waals surface area contributed by atoms with Crippen molar-refractivity contribution in [2.75, 3.05) is 32.1 Å². The average molecular weight is 722 g/mol. The number of hydrogen-bond acceptors (Lipinski definition) is 8. The molecule has 5 N–H and O–H groups in total. The summed E-state index contributed by atoms with van der Waals surface area (Å²) in [6.45, 7) is 9.12. The number of thiophene rings is 1. The van der Waals surface area contributed by atoms with Crippen LogP contribution >= 0.6 is 23.1 Å². The quantitative estimate of drug-likeness (QED) is 0.0642. The van der Waals surface area contributed by atoms with Gasteiger partial charge in [-0.1, -0.05) is 67.6 Å². The van der Waals surface area contributed by atoms with Crippen LogP contribution in [0.25, 0.3) is 0 Å². The maximum atomic E-state index is 13.1. The third kappa shape index (κ3) is 15.0. The smallest absolute Gasteiger partial charge is 0.243 e. The van der Waals surface area contributed by atoms with E-state index in [2.05, 4.69) is 63.7 Å². The minimum atomic E-state index is -1.01. The molecule has 1 aromatic heterocycles. The third-order valence-corrected chi connectivity index (χ3v) is 10.2. The van der Waals surface area contributed by atoms with Crippen LogP contribution in [0, 0.1) is 6.92 Å². The first-order chi connectivity index (χ1) is 24.0. The van der Waals surface area contributed by atoms with Crippen LogP contribution in [-0.2, 0) is 48.2 Å². The normalized spacial score (nSPS) is 12.5. The lowest BCUT2D eigenvalue weighted by molar-refractivity contribution is -0.131. The minimum absolute atomic E-state index is 0.0429. The van der Waals surface area contributed by atoms with Gasteiger partial charge in [0.1, 0.15) is 12.8 Å². The molecule has 2 atom stereocenters. The molecule has 0 saturated carbocycles. The van der Waals surface area contributed by atoms with Gasteiger partial charge >= 0.3 is 0 Å². The van der Waals surface area contributed by atoms with Gasteiger partial charge in [-0.25, -0.2) is 0 Å². The Morgan fingerprint density at radius 1 is 0.840 bits per heavy atom. The summed E-state index contributed by atoms with van der Waals surface area (Å²) in [6, 6.07) is 18.4. The van der Waals surface area contributed by atoms with Crippen LogP contribution < -0.4 is 26.6 Å². The molecule has 50 heavy (non-hydrogen) atoms. The number of nitrogens with one attached hydrogen (secondary N) is 5. The first kappa shape index (κ1) is 40.0. The highest BCUT2D eigenvalue weighted by atomic mass is 32.2. The minimum Gasteiger partial charge on any atom is -0.357 e. The molecular weight excluding hydrogens is 675 g/mol. The summed E-state index contributed by atoms with van der Waals surface area (Å²) in [7, 11) is 0. The fraction of sp³-hybridized carbons (Fsp3) is 0.378. The van der Waals surface area contributed by atoms with Gasteiger partial charge in [-0.15, -0.1) is 29.7 Å². The maximum Gasteiger partial charge on any atom is 0.243 e. The molecule has 0 aliphatic rings. The van der Waals surface area contributed by atoms with Crippen LogP contribution in [0.5, 0.6) is 0 Å². The monoisotopic (exact) mass is 721 g/mol. The first-order valence-electron chi connectivity index (χ1n) is 16.4. The van der Waals surface area contributed by atoms with Gasteiger partial charge in [-0.2, -0.15) is 0 Å². The Balaban J connectivity index is 1.40. The van der Waals surface area contributed by atoms with E-state index in [-0.39, 0.29) is 42.6 Å². The number of amides is 5. The van der Waals surface area contributed by atoms with Crippen molar-refractivity contribution in [3.8, 4) is 0 Å². The Labute approximate surface area is 302 Å². The van der Waals surface area contributed by atoms with Crippen molar-refractivity contribution in [1.29, 1.82) is 0 Å². The van der Waals surface area contributed by atoms with Crippen molar-refractivity contribution in [2.45, 2.75) is 57.4 Å². The second kappa shape index (κ2) is 20.9. The second-order valence-electron chi connectivity index (χ2n) is 11.9. The number of benzene rings is 2. The van der Waals surface area contributed by atoms with Crippen molar-refractivity contribution >= 4 is 52.6 Å². The molecule has 0 bridgehead atoms. The summed E-state index contributed by atoms with van der Waals surface area (Å²) in [5.74, 6) is -2.32. The second-order valence-corrected chi connectivity index (χ2v) is 14.5. The molecule has 3 rings (SSSR count). The zero-order valence-corrected chi connectivity index (χ0v) is 30.5. The van der Waals surface area contributed by atoms with Crippen LogP contribution in [0.3, 0.4) is 0 Å². The molecule has 5 amide bonds. The van der Waals surface area contributed by atoms with Crippen LogP contribution in [0.2, 0.25) is 0 Å². The van der Waals surface area contributed by atoms with E-state index >= 15 is 0 Å². The van der Waals surface area contributed by atoms with Gasteiger partial charge in [0.2, 0.25) is 29.5 Å². The number of hydrogen-bond donors (Lipinski definition) is 5. The molecule has 0 aliphatic heterocycles. The van der Waals surface area contributed by atoms with E-state index in [9.17, 15) is 24.0 Å². The molecule has 3 aromatic rings. The van der Waals surface area contributed by atoms with E-state index in [1.54, 1.807) is 17.4 Å². The number of aryl methyl sites for hydroxylation is 1. The van der Waals surface area contributed by atoms with E-state index in [1.807, 2.05) is 56.3 Å². The summed E-state index contributed by atoms with van der Waals surface area (Å²) < 4.78 is 5.39. The molecular formula is C37H47N5O6S2. The molecule has 0 aliphatic carbocycles. The Hall–Kier alpha value is -4.46. The van der Waals surface area contributed by atoms with Crippen LogP contribution in [0.1, 0.15) is 47.4 Å². The predicted octanol–water partition coefficient (Wildman–Crippen LogP) is 3.40. The maximum absolute atomic E-state index is 13.1. The fourth-order valence-electron chi connectivity index (χ4n) is 4.62. The molecule has 13 heteroatoms. The zero-order chi connectivity index (χ0) is 36.4. The van der Waals surface area contributed by atoms with Crippen molar-refractivity contribution < 1.29 is 28.7 Å². The van der Waals surface area contributed by atoms with E-state index in [1.165, 1.54) is 27.8 Å². The lowest BCUT2D eigenvalue weighted by atomic mass is 10.1. The van der Waals surface area contributed by atoms with Gasteiger partial charge in [-0.05, 0) is 60.4 Å². The SMILES string of the molecule is C=CC(C)(CC)SCC(=O)NCC(=O)NCC(=O)N[C@@H](Cc1ccccc1)C(=O)NCC(=O)NCOCc1cccc(Cc2csc(C)c2)c1. The zero-order valence-electron chi connectivity index (χ0n) is 28.8. The molecule has 1 heterocycles. The lowest BCUT2D eigenvalue weighted by Crippen LogP contribution is -2.52. The van der Waals surface area contributed by atoms with E-state index in [0.29, 0.717) is 6.61 Å². The molecule has 268 valence electrons. The van der Waals surface area contributed by atoms with E-state index in [4.69, 9.17) is 4.74 Å². The number of rotatable bonds is 21. The molecule has 0 saturated heterocycles. The Bertz CT molecular complexity index is 1600. The van der Waals surface area contributed by atoms with Crippen LogP contribution in [0.4, 0.5) is 0 Å². The largest absolute Gasteiger partial charge is 0.357 e. The molecule has 0 fully saturated rings. The van der Waals surface area contributed by atoms with Gasteiger partial charge in [0.15, 0.2) is 0 Å². The molecule has 0 radical (unpaired) electrons. The topological polar surface area (TPSA) is 155 Å². The molecule has 1 unspecified atom stereocenters. The summed E-state index contributed by atoms with van der Waals surface area (Å²) >= 11 is 3.16. The summed E-state index contributed by atoms with van der Waals surface area (Å²) in [4.78, 5) is 63.9. The highest BCUT2D eigenvalue weighted by Crippen LogP contribution is 2.29. The number of carbonyl (C=O) groups excluding carboxylic acids is 5. The fourth-order valence-corrected chi connectivity index (χ4v) is 6.21. The van der Waals surface area contributed by atoms with Crippen LogP contribution in [0.15, 0.2) is 78.7 Å². The van der Waals surface area contributed by atoms with Gasteiger partial charge in [0.25, 0.3) is 0 Å². The average Bonchev–Trinajstić information content (AvgIpc) is 3.53. The predicted molar refractivity (Wildman–Crippen MR) is 199 cm³/mol. The van der Waals surface area contributed by atoms with Gasteiger partial charge in [0.05, 0.1) is 32.0 Å². The van der Waals surface area contributed by atoms with Gasteiger partial charge < -0.3 is 31.3 Å². The van der Waals surface area contributed by atoms with Crippen LogP contribution in [-0.4, -0.2) is 72.4 Å². The standard InChI is InChI=1S/C37H47N5O6S2/c1-5-37(4,6-2)50-24-35(46)39-19-32(43)38-21-34(45)42-31(18-27-11-8-7-9-12-27)36(47)40-20-33(44)41-25-48-22-29-14-10-13-28(16-29)17-30-15-26(3)49-23-30/h5,7-16,23,31H,1,6,17-22,24-25H2,2-4H3,(H,38,43)(H,39,46)(H,40,47)(H,41,44)(H,42,45)/t31-,37?/m0/s1. The molecule has 2 aromatic carbocycles. The number of thioether (sulfide) groups is 1. The van der Waals surface area contributed by atoms with Gasteiger partial charge in [0, 0.05) is 16.0 Å². The Kier molecular flexibility index (Phi) is 16.7. The highest BCUT2D eigenvalue weighted by molar-refractivity contribution is 8.01.